The number of carbonyl (C=O) groups is 1. The summed E-state index contributed by atoms with van der Waals surface area (Å²) in [5, 5.41) is 5.97. The van der Waals surface area contributed by atoms with E-state index in [-0.39, 0.29) is 5.91 Å². The molecule has 3 rings (SSSR count). The Hall–Kier alpha value is -3.61. The molecular weight excluding hydrogens is 356 g/mol. The van der Waals surface area contributed by atoms with Crippen LogP contribution in [0.15, 0.2) is 48.8 Å². The second-order valence-corrected chi connectivity index (χ2v) is 6.19. The lowest BCUT2D eigenvalue weighted by molar-refractivity contribution is 0.102. The topological polar surface area (TPSA) is 85.4 Å². The summed E-state index contributed by atoms with van der Waals surface area (Å²) in [5.74, 6) is 1.34. The molecule has 28 heavy (non-hydrogen) atoms. The summed E-state index contributed by atoms with van der Waals surface area (Å²) in [6, 6.07) is 11.2. The molecule has 0 spiro atoms. The van der Waals surface area contributed by atoms with Crippen molar-refractivity contribution in [3.05, 3.63) is 65.5 Å². The number of hydrogen-bond donors (Lipinski definition) is 2. The van der Waals surface area contributed by atoms with Crippen molar-refractivity contribution in [2.45, 2.75) is 13.8 Å². The molecule has 0 saturated carbocycles. The number of aryl methyl sites for hydroxylation is 1. The largest absolute Gasteiger partial charge is 0.493 e. The van der Waals surface area contributed by atoms with Gasteiger partial charge in [0.1, 0.15) is 0 Å². The number of carbonyl (C=O) groups excluding carboxylic acids is 1. The fourth-order valence-electron chi connectivity index (χ4n) is 2.63. The van der Waals surface area contributed by atoms with Gasteiger partial charge in [-0.2, -0.15) is 0 Å². The Morgan fingerprint density at radius 2 is 1.68 bits per heavy atom. The van der Waals surface area contributed by atoms with Crippen LogP contribution in [0.3, 0.4) is 0 Å². The fraction of sp³-hybridized carbons (Fsp3) is 0.190. The lowest BCUT2D eigenvalue weighted by Gasteiger charge is -2.11. The van der Waals surface area contributed by atoms with Gasteiger partial charge in [0.25, 0.3) is 5.91 Å². The molecule has 1 aromatic heterocycles. The SMILES string of the molecule is COc1ccc(Nc2ncc(C(=O)Nc3cccc(C)c3C)cn2)cc1OC. The van der Waals surface area contributed by atoms with Gasteiger partial charge in [0.05, 0.1) is 19.8 Å². The molecule has 0 radical (unpaired) electrons. The molecule has 0 fully saturated rings. The van der Waals surface area contributed by atoms with E-state index >= 15 is 0 Å². The minimum absolute atomic E-state index is 0.258. The molecule has 0 aliphatic heterocycles. The highest BCUT2D eigenvalue weighted by atomic mass is 16.5. The van der Waals surface area contributed by atoms with Crippen molar-refractivity contribution < 1.29 is 14.3 Å². The Kier molecular flexibility index (Phi) is 5.74. The first-order valence-electron chi connectivity index (χ1n) is 8.70. The van der Waals surface area contributed by atoms with Crippen LogP contribution in [0.4, 0.5) is 17.3 Å². The van der Waals surface area contributed by atoms with Gasteiger partial charge in [0, 0.05) is 29.8 Å². The second kappa shape index (κ2) is 8.39. The first-order valence-corrected chi connectivity index (χ1v) is 8.70. The summed E-state index contributed by atoms with van der Waals surface area (Å²) in [5.41, 5.74) is 4.04. The standard InChI is InChI=1S/C21H22N4O3/c1-13-6-5-7-17(14(13)2)25-20(26)15-11-22-21(23-12-15)24-16-8-9-18(27-3)19(10-16)28-4/h5-12H,1-4H3,(H,25,26)(H,22,23,24). The molecule has 0 aliphatic carbocycles. The lowest BCUT2D eigenvalue weighted by Crippen LogP contribution is -2.14. The van der Waals surface area contributed by atoms with Gasteiger partial charge in [-0.15, -0.1) is 0 Å². The number of aromatic nitrogens is 2. The van der Waals surface area contributed by atoms with Gasteiger partial charge in [0.2, 0.25) is 5.95 Å². The third-order valence-corrected chi connectivity index (χ3v) is 4.41. The molecule has 0 atom stereocenters. The van der Waals surface area contributed by atoms with E-state index in [1.807, 2.05) is 38.1 Å². The van der Waals surface area contributed by atoms with Crippen LogP contribution >= 0.6 is 0 Å². The van der Waals surface area contributed by atoms with Crippen molar-refractivity contribution in [2.24, 2.45) is 0 Å². The number of nitrogens with zero attached hydrogens (tertiary/aromatic N) is 2. The third kappa shape index (κ3) is 4.20. The van der Waals surface area contributed by atoms with Gasteiger partial charge in [-0.25, -0.2) is 9.97 Å². The molecule has 3 aromatic rings. The first-order chi connectivity index (χ1) is 13.5. The van der Waals surface area contributed by atoms with Crippen molar-refractivity contribution in [2.75, 3.05) is 24.9 Å². The number of methoxy groups -OCH3 is 2. The number of nitrogens with one attached hydrogen (secondary N) is 2. The van der Waals surface area contributed by atoms with Crippen molar-refractivity contribution in [1.82, 2.24) is 9.97 Å². The Labute approximate surface area is 163 Å². The van der Waals surface area contributed by atoms with Crippen LogP contribution < -0.4 is 20.1 Å². The average molecular weight is 378 g/mol. The highest BCUT2D eigenvalue weighted by Gasteiger charge is 2.11. The first kappa shape index (κ1) is 19.2. The number of anilines is 3. The summed E-state index contributed by atoms with van der Waals surface area (Å²) in [6.07, 6.45) is 2.97. The Balaban J connectivity index is 1.71. The molecule has 7 heteroatoms. The molecule has 0 unspecified atom stereocenters. The van der Waals surface area contributed by atoms with E-state index < -0.39 is 0 Å². The van der Waals surface area contributed by atoms with Crippen molar-refractivity contribution in [3.8, 4) is 11.5 Å². The second-order valence-electron chi connectivity index (χ2n) is 6.19. The zero-order chi connectivity index (χ0) is 20.1. The predicted octanol–water partition coefficient (Wildman–Crippen LogP) is 4.11. The van der Waals surface area contributed by atoms with Gasteiger partial charge in [-0.05, 0) is 43.2 Å². The predicted molar refractivity (Wildman–Crippen MR) is 109 cm³/mol. The number of hydrogen-bond acceptors (Lipinski definition) is 6. The third-order valence-electron chi connectivity index (χ3n) is 4.41. The molecule has 1 amide bonds. The van der Waals surface area contributed by atoms with E-state index in [1.54, 1.807) is 26.4 Å². The van der Waals surface area contributed by atoms with E-state index in [1.165, 1.54) is 12.4 Å². The molecular formula is C21H22N4O3. The zero-order valence-electron chi connectivity index (χ0n) is 16.2. The summed E-state index contributed by atoms with van der Waals surface area (Å²) < 4.78 is 10.5. The van der Waals surface area contributed by atoms with E-state index in [4.69, 9.17) is 9.47 Å². The highest BCUT2D eigenvalue weighted by molar-refractivity contribution is 6.04. The van der Waals surface area contributed by atoms with Crippen molar-refractivity contribution in [1.29, 1.82) is 0 Å². The van der Waals surface area contributed by atoms with Crippen LogP contribution in [0, 0.1) is 13.8 Å². The number of ether oxygens (including phenoxy) is 2. The molecule has 2 N–H and O–H groups in total. The minimum Gasteiger partial charge on any atom is -0.493 e. The number of benzene rings is 2. The zero-order valence-corrected chi connectivity index (χ0v) is 16.2. The van der Waals surface area contributed by atoms with Crippen LogP contribution in [0.25, 0.3) is 0 Å². The Bertz CT molecular complexity index is 987. The van der Waals surface area contributed by atoms with Crippen LogP contribution in [0.2, 0.25) is 0 Å². The van der Waals surface area contributed by atoms with E-state index in [0.717, 1.165) is 22.5 Å². The molecule has 2 aromatic carbocycles. The number of rotatable bonds is 6. The molecule has 144 valence electrons. The minimum atomic E-state index is -0.258. The van der Waals surface area contributed by atoms with E-state index in [0.29, 0.717) is 23.0 Å². The Morgan fingerprint density at radius 3 is 2.36 bits per heavy atom. The van der Waals surface area contributed by atoms with Crippen LogP contribution in [0.1, 0.15) is 21.5 Å². The van der Waals surface area contributed by atoms with Gasteiger partial charge in [-0.3, -0.25) is 4.79 Å². The van der Waals surface area contributed by atoms with Gasteiger partial charge in [-0.1, -0.05) is 12.1 Å². The maximum atomic E-state index is 12.5. The summed E-state index contributed by atoms with van der Waals surface area (Å²) in [4.78, 5) is 20.9. The highest BCUT2D eigenvalue weighted by Crippen LogP contribution is 2.30. The maximum absolute atomic E-state index is 12.5. The van der Waals surface area contributed by atoms with Crippen LogP contribution in [-0.4, -0.2) is 30.1 Å². The Morgan fingerprint density at radius 1 is 0.964 bits per heavy atom. The van der Waals surface area contributed by atoms with Crippen molar-refractivity contribution >= 4 is 23.2 Å². The van der Waals surface area contributed by atoms with E-state index in [9.17, 15) is 4.79 Å². The normalized spacial score (nSPS) is 10.3. The van der Waals surface area contributed by atoms with Crippen LogP contribution in [-0.2, 0) is 0 Å². The molecule has 0 aliphatic rings. The number of amides is 1. The van der Waals surface area contributed by atoms with Crippen molar-refractivity contribution in [3.63, 3.8) is 0 Å². The average Bonchev–Trinajstić information content (AvgIpc) is 2.71. The van der Waals surface area contributed by atoms with Gasteiger partial charge in [0.15, 0.2) is 11.5 Å². The molecule has 0 saturated heterocycles. The quantitative estimate of drug-likeness (QED) is 0.671. The fourth-order valence-corrected chi connectivity index (χ4v) is 2.63. The summed E-state index contributed by atoms with van der Waals surface area (Å²) in [7, 11) is 3.15. The van der Waals surface area contributed by atoms with Crippen LogP contribution in [0.5, 0.6) is 11.5 Å². The van der Waals surface area contributed by atoms with Gasteiger partial charge < -0.3 is 20.1 Å². The summed E-state index contributed by atoms with van der Waals surface area (Å²) >= 11 is 0. The van der Waals surface area contributed by atoms with Gasteiger partial charge >= 0.3 is 0 Å². The summed E-state index contributed by atoms with van der Waals surface area (Å²) in [6.45, 7) is 3.97. The smallest absolute Gasteiger partial charge is 0.258 e. The van der Waals surface area contributed by atoms with E-state index in [2.05, 4.69) is 20.6 Å². The lowest BCUT2D eigenvalue weighted by atomic mass is 10.1. The molecule has 0 bridgehead atoms. The molecule has 7 nitrogen and oxygen atoms in total. The molecule has 1 heterocycles. The monoisotopic (exact) mass is 378 g/mol. The maximum Gasteiger partial charge on any atom is 0.258 e.